The Morgan fingerprint density at radius 3 is 2.60 bits per heavy atom. The fraction of sp³-hybridized carbons (Fsp3) is 0.571. The van der Waals surface area contributed by atoms with Crippen LogP contribution in [0.5, 0.6) is 0 Å². The molecule has 0 aromatic rings. The van der Waals surface area contributed by atoms with Crippen LogP contribution < -0.4 is 4.72 Å². The van der Waals surface area contributed by atoms with Crippen molar-refractivity contribution in [3.63, 3.8) is 0 Å². The summed E-state index contributed by atoms with van der Waals surface area (Å²) < 4.78 is 24.3. The van der Waals surface area contributed by atoms with Crippen LogP contribution >= 0.6 is 0 Å². The average Bonchev–Trinajstić information content (AvgIpc) is 2.33. The summed E-state index contributed by atoms with van der Waals surface area (Å²) in [6, 6.07) is 0.390. The Labute approximate surface area is 86.7 Å². The Balaban J connectivity index is 2.74. The van der Waals surface area contributed by atoms with Crippen molar-refractivity contribution in [3.05, 3.63) is 0 Å². The molecule has 82 valence electrons. The molecular weight excluding hydrogens is 222 g/mol. The number of carbonyl (C=O) groups excluding carboxylic acids is 2. The maximum absolute atomic E-state index is 11.3. The van der Waals surface area contributed by atoms with Gasteiger partial charge < -0.3 is 0 Å². The maximum atomic E-state index is 11.3. The van der Waals surface area contributed by atoms with Gasteiger partial charge in [0.15, 0.2) is 5.75 Å². The second-order valence-corrected chi connectivity index (χ2v) is 4.84. The topological polar surface area (TPSA) is 107 Å². The highest BCUT2D eigenvalue weighted by Gasteiger charge is 2.38. The lowest BCUT2D eigenvalue weighted by atomic mass is 10.3. The molecule has 1 unspecified atom stereocenters. The van der Waals surface area contributed by atoms with Crippen LogP contribution in [0.15, 0.2) is 0 Å². The standard InChI is InChI=1S/C7H9N3O4S/c1-10-6(11)4-5(7(10)12)9-15(13,14)3-2-8/h5,9H,3-4H2,1H3. The molecule has 2 amide bonds. The number of hydrogen-bond acceptors (Lipinski definition) is 5. The van der Waals surface area contributed by atoms with Crippen molar-refractivity contribution in [2.24, 2.45) is 0 Å². The third-order valence-electron chi connectivity index (χ3n) is 1.96. The van der Waals surface area contributed by atoms with E-state index in [0.29, 0.717) is 0 Å². The minimum atomic E-state index is -3.81. The molecule has 1 fully saturated rings. The highest BCUT2D eigenvalue weighted by Crippen LogP contribution is 2.11. The number of sulfonamides is 1. The van der Waals surface area contributed by atoms with E-state index < -0.39 is 33.6 Å². The van der Waals surface area contributed by atoms with E-state index in [1.807, 2.05) is 4.72 Å². The molecule has 1 aliphatic heterocycles. The van der Waals surface area contributed by atoms with Crippen molar-refractivity contribution in [3.8, 4) is 6.07 Å². The molecule has 0 radical (unpaired) electrons. The van der Waals surface area contributed by atoms with Crippen LogP contribution in [0.25, 0.3) is 0 Å². The average molecular weight is 231 g/mol. The summed E-state index contributed by atoms with van der Waals surface area (Å²) in [5.41, 5.74) is 0. The molecule has 0 aromatic carbocycles. The van der Waals surface area contributed by atoms with Gasteiger partial charge in [0, 0.05) is 7.05 Å². The Bertz CT molecular complexity index is 436. The Hall–Kier alpha value is -1.46. The SMILES string of the molecule is CN1C(=O)CC(NS(=O)(=O)CC#N)C1=O. The van der Waals surface area contributed by atoms with Gasteiger partial charge in [-0.2, -0.15) is 5.26 Å². The predicted octanol–water partition coefficient (Wildman–Crippen LogP) is -1.81. The lowest BCUT2D eigenvalue weighted by molar-refractivity contribution is -0.137. The molecule has 8 heteroatoms. The quantitative estimate of drug-likeness (QED) is 0.576. The van der Waals surface area contributed by atoms with Gasteiger partial charge in [0.05, 0.1) is 12.5 Å². The molecule has 1 heterocycles. The van der Waals surface area contributed by atoms with Crippen LogP contribution in [0.2, 0.25) is 0 Å². The molecule has 0 spiro atoms. The first-order valence-corrected chi connectivity index (χ1v) is 5.70. The van der Waals surface area contributed by atoms with E-state index in [1.54, 1.807) is 0 Å². The predicted molar refractivity (Wildman–Crippen MR) is 48.7 cm³/mol. The van der Waals surface area contributed by atoms with E-state index in [1.165, 1.54) is 13.1 Å². The van der Waals surface area contributed by atoms with E-state index in [0.717, 1.165) is 4.90 Å². The van der Waals surface area contributed by atoms with Crippen LogP contribution in [0, 0.1) is 11.3 Å². The number of carbonyl (C=O) groups is 2. The van der Waals surface area contributed by atoms with Crippen LogP contribution in [0.1, 0.15) is 6.42 Å². The fourth-order valence-corrected chi connectivity index (χ4v) is 2.06. The van der Waals surface area contributed by atoms with E-state index in [9.17, 15) is 18.0 Å². The first kappa shape index (κ1) is 11.6. The largest absolute Gasteiger partial charge is 0.284 e. The second-order valence-electron chi connectivity index (χ2n) is 3.08. The van der Waals surface area contributed by atoms with Gasteiger partial charge in [-0.1, -0.05) is 0 Å². The normalized spacial score (nSPS) is 21.9. The van der Waals surface area contributed by atoms with Gasteiger partial charge in [-0.05, 0) is 0 Å². The lowest BCUT2D eigenvalue weighted by Crippen LogP contribution is -2.41. The Morgan fingerprint density at radius 2 is 2.20 bits per heavy atom. The van der Waals surface area contributed by atoms with Crippen LogP contribution in [-0.4, -0.2) is 44.0 Å². The number of nitrogens with one attached hydrogen (secondary N) is 1. The van der Waals surface area contributed by atoms with Crippen LogP contribution in [0.3, 0.4) is 0 Å². The van der Waals surface area contributed by atoms with E-state index >= 15 is 0 Å². The molecular formula is C7H9N3O4S. The van der Waals surface area contributed by atoms with Crippen molar-refractivity contribution in [1.82, 2.24) is 9.62 Å². The number of likely N-dealkylation sites (tertiary alicyclic amines) is 1. The summed E-state index contributed by atoms with van der Waals surface area (Å²) in [6.07, 6.45) is -0.194. The maximum Gasteiger partial charge on any atom is 0.247 e. The molecule has 1 aliphatic rings. The van der Waals surface area contributed by atoms with Crippen molar-refractivity contribution in [2.45, 2.75) is 12.5 Å². The fourth-order valence-electron chi connectivity index (χ4n) is 1.19. The molecule has 0 aliphatic carbocycles. The molecule has 1 atom stereocenters. The number of rotatable bonds is 3. The van der Waals surface area contributed by atoms with Gasteiger partial charge in [-0.15, -0.1) is 0 Å². The zero-order valence-corrected chi connectivity index (χ0v) is 8.74. The molecule has 7 nitrogen and oxygen atoms in total. The van der Waals surface area contributed by atoms with E-state index in [-0.39, 0.29) is 6.42 Å². The molecule has 0 bridgehead atoms. The number of amides is 2. The molecule has 0 aromatic heterocycles. The van der Waals surface area contributed by atoms with Gasteiger partial charge in [0.1, 0.15) is 6.04 Å². The van der Waals surface area contributed by atoms with Crippen molar-refractivity contribution in [1.29, 1.82) is 5.26 Å². The smallest absolute Gasteiger partial charge is 0.247 e. The van der Waals surface area contributed by atoms with Gasteiger partial charge in [0.2, 0.25) is 21.8 Å². The van der Waals surface area contributed by atoms with E-state index in [2.05, 4.69) is 0 Å². The highest BCUT2D eigenvalue weighted by molar-refractivity contribution is 7.89. The van der Waals surface area contributed by atoms with Crippen molar-refractivity contribution in [2.75, 3.05) is 12.8 Å². The monoisotopic (exact) mass is 231 g/mol. The molecule has 0 saturated carbocycles. The van der Waals surface area contributed by atoms with Gasteiger partial charge in [0.25, 0.3) is 0 Å². The summed E-state index contributed by atoms with van der Waals surface area (Å²) in [5.74, 6) is -1.76. The molecule has 1 rings (SSSR count). The first-order chi connectivity index (χ1) is 6.87. The summed E-state index contributed by atoms with van der Waals surface area (Å²) in [4.78, 5) is 23.2. The Morgan fingerprint density at radius 1 is 1.60 bits per heavy atom. The van der Waals surface area contributed by atoms with Crippen molar-refractivity contribution < 1.29 is 18.0 Å². The first-order valence-electron chi connectivity index (χ1n) is 4.05. The summed E-state index contributed by atoms with van der Waals surface area (Å²) in [7, 11) is -2.52. The van der Waals surface area contributed by atoms with E-state index in [4.69, 9.17) is 5.26 Å². The summed E-state index contributed by atoms with van der Waals surface area (Å²) in [6.45, 7) is 0. The summed E-state index contributed by atoms with van der Waals surface area (Å²) in [5, 5.41) is 8.21. The number of likely N-dealkylation sites (N-methyl/N-ethyl adjacent to an activating group) is 1. The van der Waals surface area contributed by atoms with Gasteiger partial charge in [-0.25, -0.2) is 13.1 Å². The number of imide groups is 1. The molecule has 1 saturated heterocycles. The number of nitriles is 1. The lowest BCUT2D eigenvalue weighted by Gasteiger charge is -2.09. The summed E-state index contributed by atoms with van der Waals surface area (Å²) >= 11 is 0. The Kier molecular flexibility index (Phi) is 3.06. The number of hydrogen-bond donors (Lipinski definition) is 1. The molecule has 1 N–H and O–H groups in total. The third kappa shape index (κ3) is 2.51. The van der Waals surface area contributed by atoms with Crippen LogP contribution in [0.4, 0.5) is 0 Å². The highest BCUT2D eigenvalue weighted by atomic mass is 32.2. The molecule has 15 heavy (non-hydrogen) atoms. The van der Waals surface area contributed by atoms with Crippen molar-refractivity contribution >= 4 is 21.8 Å². The number of nitrogens with zero attached hydrogens (tertiary/aromatic N) is 2. The van der Waals surface area contributed by atoms with Gasteiger partial charge in [-0.3, -0.25) is 14.5 Å². The minimum absolute atomic E-state index is 0.194. The minimum Gasteiger partial charge on any atom is -0.284 e. The van der Waals surface area contributed by atoms with Gasteiger partial charge >= 0.3 is 0 Å². The zero-order chi connectivity index (χ0) is 11.6. The third-order valence-corrected chi connectivity index (χ3v) is 3.11. The zero-order valence-electron chi connectivity index (χ0n) is 7.93. The second kappa shape index (κ2) is 3.96. The van der Waals surface area contributed by atoms with Crippen LogP contribution in [-0.2, 0) is 19.6 Å².